The average molecular weight is 334 g/mol. The normalized spacial score (nSPS) is 13.4. The van der Waals surface area contributed by atoms with E-state index in [-0.39, 0.29) is 18.3 Å². The number of anilines is 1. The number of nitrogens with two attached hydrogens (primary N) is 1. The number of nitrogens with zero attached hydrogens (tertiary/aromatic N) is 1. The lowest BCUT2D eigenvalue weighted by molar-refractivity contribution is -0.136. The fourth-order valence-corrected chi connectivity index (χ4v) is 2.94. The third kappa shape index (κ3) is 2.63. The Labute approximate surface area is 137 Å². The Bertz CT molecular complexity index is 884. The Balaban J connectivity index is 2.23. The molecule has 1 heterocycles. The summed E-state index contributed by atoms with van der Waals surface area (Å²) in [5, 5.41) is 10.2. The molecule has 0 fully saturated rings. The van der Waals surface area contributed by atoms with Crippen molar-refractivity contribution in [3.8, 4) is 11.1 Å². The van der Waals surface area contributed by atoms with Crippen LogP contribution in [0.15, 0.2) is 48.7 Å². The molecule has 0 aliphatic carbocycles. The molecule has 0 amide bonds. The summed E-state index contributed by atoms with van der Waals surface area (Å²) in [6.45, 7) is 1.84. The van der Waals surface area contributed by atoms with Crippen molar-refractivity contribution in [2.75, 3.05) is 12.3 Å². The van der Waals surface area contributed by atoms with Crippen LogP contribution < -0.4 is 5.73 Å². The van der Waals surface area contributed by atoms with E-state index in [0.717, 1.165) is 17.0 Å². The molecule has 24 heavy (non-hydrogen) atoms. The second-order valence-corrected chi connectivity index (χ2v) is 5.76. The number of aromatic nitrogens is 1. The van der Waals surface area contributed by atoms with Crippen molar-refractivity contribution in [2.24, 2.45) is 0 Å². The number of benzene rings is 2. The van der Waals surface area contributed by atoms with Crippen molar-refractivity contribution < 1.29 is 18.3 Å². The Morgan fingerprint density at radius 1 is 1.08 bits per heavy atom. The molecule has 0 spiro atoms. The minimum Gasteiger partial charge on any atom is -0.398 e. The van der Waals surface area contributed by atoms with Crippen molar-refractivity contribution >= 4 is 16.6 Å². The number of aliphatic hydroxyl groups is 1. The first-order valence-corrected chi connectivity index (χ1v) is 7.51. The summed E-state index contributed by atoms with van der Waals surface area (Å²) in [5.74, 6) is 0. The summed E-state index contributed by atoms with van der Waals surface area (Å²) in [4.78, 5) is 0. The number of hydrogen-bond donors (Lipinski definition) is 2. The second kappa shape index (κ2) is 5.87. The van der Waals surface area contributed by atoms with Crippen molar-refractivity contribution in [1.29, 1.82) is 0 Å². The third-order valence-electron chi connectivity index (χ3n) is 4.20. The van der Waals surface area contributed by atoms with E-state index in [2.05, 4.69) is 0 Å². The summed E-state index contributed by atoms with van der Waals surface area (Å²) < 4.78 is 41.2. The minimum absolute atomic E-state index is 0.0281. The molecule has 0 bridgehead atoms. The maximum Gasteiger partial charge on any atom is 0.418 e. The molecule has 1 atom stereocenters. The molecule has 1 aromatic heterocycles. The van der Waals surface area contributed by atoms with Gasteiger partial charge in [-0.2, -0.15) is 13.2 Å². The van der Waals surface area contributed by atoms with Crippen LogP contribution in [0.2, 0.25) is 0 Å². The number of hydrogen-bond acceptors (Lipinski definition) is 2. The fourth-order valence-electron chi connectivity index (χ4n) is 2.94. The molecule has 0 radical (unpaired) electrons. The van der Waals surface area contributed by atoms with Crippen molar-refractivity contribution in [1.82, 2.24) is 4.57 Å². The van der Waals surface area contributed by atoms with E-state index in [1.807, 2.05) is 29.8 Å². The van der Waals surface area contributed by atoms with E-state index in [0.29, 0.717) is 11.1 Å². The van der Waals surface area contributed by atoms with Gasteiger partial charge in [0.2, 0.25) is 0 Å². The molecule has 0 aliphatic rings. The number of rotatable bonds is 3. The standard InChI is InChI=1S/C18H17F3N2O/c1-11(10-24)23-9-8-13-12(4-3-7-16(13)23)14-5-2-6-15(17(14)22)18(19,20)21/h2-9,11,24H,10,22H2,1H3. The maximum absolute atomic E-state index is 13.1. The molecule has 3 nitrogen and oxygen atoms in total. The molecule has 3 rings (SSSR count). The first-order chi connectivity index (χ1) is 11.3. The van der Waals surface area contributed by atoms with E-state index >= 15 is 0 Å². The molecule has 1 unspecified atom stereocenters. The second-order valence-electron chi connectivity index (χ2n) is 5.76. The SMILES string of the molecule is CC(CO)n1ccc2c(-c3cccc(C(F)(F)F)c3N)cccc21. The van der Waals surface area contributed by atoms with Gasteiger partial charge in [0.25, 0.3) is 0 Å². The number of alkyl halides is 3. The summed E-state index contributed by atoms with van der Waals surface area (Å²) in [6.07, 6.45) is -2.68. The van der Waals surface area contributed by atoms with Gasteiger partial charge in [0.15, 0.2) is 0 Å². The highest BCUT2D eigenvalue weighted by molar-refractivity contribution is 5.98. The van der Waals surface area contributed by atoms with Gasteiger partial charge in [-0.3, -0.25) is 0 Å². The largest absolute Gasteiger partial charge is 0.418 e. The maximum atomic E-state index is 13.1. The molecule has 126 valence electrons. The molecule has 0 aliphatic heterocycles. The van der Waals surface area contributed by atoms with E-state index < -0.39 is 11.7 Å². The number of aliphatic hydroxyl groups excluding tert-OH is 1. The Morgan fingerprint density at radius 2 is 1.75 bits per heavy atom. The van der Waals surface area contributed by atoms with Crippen molar-refractivity contribution in [2.45, 2.75) is 19.1 Å². The van der Waals surface area contributed by atoms with Gasteiger partial charge in [-0.05, 0) is 30.7 Å². The molecule has 0 saturated carbocycles. The van der Waals surface area contributed by atoms with Crippen LogP contribution in [0.3, 0.4) is 0 Å². The van der Waals surface area contributed by atoms with Crippen LogP contribution in [-0.4, -0.2) is 16.3 Å². The first-order valence-electron chi connectivity index (χ1n) is 7.51. The highest BCUT2D eigenvalue weighted by Gasteiger charge is 2.33. The zero-order valence-electron chi connectivity index (χ0n) is 13.0. The molecule has 6 heteroatoms. The number of halogens is 3. The smallest absolute Gasteiger partial charge is 0.398 e. The average Bonchev–Trinajstić information content (AvgIpc) is 2.97. The van der Waals surface area contributed by atoms with Crippen LogP contribution in [0.25, 0.3) is 22.0 Å². The van der Waals surface area contributed by atoms with Crippen LogP contribution in [0.4, 0.5) is 18.9 Å². The molecule has 2 aromatic carbocycles. The predicted octanol–water partition coefficient (Wildman–Crippen LogP) is 4.46. The molecular formula is C18H17F3N2O. The van der Waals surface area contributed by atoms with Crippen LogP contribution in [-0.2, 0) is 6.18 Å². The molecule has 0 saturated heterocycles. The monoisotopic (exact) mass is 334 g/mol. The van der Waals surface area contributed by atoms with Gasteiger partial charge in [-0.15, -0.1) is 0 Å². The lowest BCUT2D eigenvalue weighted by Crippen LogP contribution is -2.09. The van der Waals surface area contributed by atoms with Gasteiger partial charge in [0, 0.05) is 22.7 Å². The topological polar surface area (TPSA) is 51.2 Å². The van der Waals surface area contributed by atoms with Gasteiger partial charge in [0.1, 0.15) is 0 Å². The zero-order chi connectivity index (χ0) is 17.5. The van der Waals surface area contributed by atoms with Gasteiger partial charge < -0.3 is 15.4 Å². The highest BCUT2D eigenvalue weighted by atomic mass is 19.4. The van der Waals surface area contributed by atoms with Crippen LogP contribution in [0.5, 0.6) is 0 Å². The predicted molar refractivity (Wildman–Crippen MR) is 88.6 cm³/mol. The van der Waals surface area contributed by atoms with Crippen LogP contribution >= 0.6 is 0 Å². The number of fused-ring (bicyclic) bond motifs is 1. The van der Waals surface area contributed by atoms with E-state index in [9.17, 15) is 18.3 Å². The van der Waals surface area contributed by atoms with Gasteiger partial charge >= 0.3 is 6.18 Å². The summed E-state index contributed by atoms with van der Waals surface area (Å²) in [6, 6.07) is 11.0. The highest BCUT2D eigenvalue weighted by Crippen LogP contribution is 2.40. The Morgan fingerprint density at radius 3 is 2.42 bits per heavy atom. The number of para-hydroxylation sites is 1. The molecular weight excluding hydrogens is 317 g/mol. The third-order valence-corrected chi connectivity index (χ3v) is 4.20. The van der Waals surface area contributed by atoms with Crippen molar-refractivity contribution in [3.63, 3.8) is 0 Å². The molecule has 3 aromatic rings. The summed E-state index contributed by atoms with van der Waals surface area (Å²) in [7, 11) is 0. The van der Waals surface area contributed by atoms with Gasteiger partial charge in [-0.1, -0.05) is 24.3 Å². The minimum atomic E-state index is -4.49. The van der Waals surface area contributed by atoms with E-state index in [4.69, 9.17) is 5.73 Å². The number of nitrogen functional groups attached to an aromatic ring is 1. The quantitative estimate of drug-likeness (QED) is 0.695. The summed E-state index contributed by atoms with van der Waals surface area (Å²) in [5.41, 5.74) is 6.54. The van der Waals surface area contributed by atoms with Crippen LogP contribution in [0.1, 0.15) is 18.5 Å². The van der Waals surface area contributed by atoms with Crippen molar-refractivity contribution in [3.05, 3.63) is 54.2 Å². The Hall–Kier alpha value is -2.47. The lowest BCUT2D eigenvalue weighted by Gasteiger charge is -2.15. The first kappa shape index (κ1) is 16.4. The zero-order valence-corrected chi connectivity index (χ0v) is 13.0. The van der Waals surface area contributed by atoms with Gasteiger partial charge in [-0.25, -0.2) is 0 Å². The van der Waals surface area contributed by atoms with Gasteiger partial charge in [0.05, 0.1) is 23.9 Å². The summed E-state index contributed by atoms with van der Waals surface area (Å²) >= 11 is 0. The van der Waals surface area contributed by atoms with E-state index in [1.165, 1.54) is 6.07 Å². The molecule has 3 N–H and O–H groups in total. The Kier molecular flexibility index (Phi) is 4.01. The van der Waals surface area contributed by atoms with Crippen LogP contribution in [0, 0.1) is 0 Å². The van der Waals surface area contributed by atoms with E-state index in [1.54, 1.807) is 18.2 Å². The lowest BCUT2D eigenvalue weighted by atomic mass is 9.97. The fraction of sp³-hybridized carbons (Fsp3) is 0.222.